The first kappa shape index (κ1) is 28.6. The van der Waals surface area contributed by atoms with Crippen LogP contribution in [0.3, 0.4) is 0 Å². The summed E-state index contributed by atoms with van der Waals surface area (Å²) in [6.07, 6.45) is 2.56. The molecule has 0 saturated carbocycles. The highest BCUT2D eigenvalue weighted by Crippen LogP contribution is 2.31. The molecule has 1 aromatic carbocycles. The van der Waals surface area contributed by atoms with E-state index in [1.807, 2.05) is 0 Å². The first-order valence-corrected chi connectivity index (χ1v) is 12.0. The minimum atomic E-state index is -1.21. The number of halogens is 2. The lowest BCUT2D eigenvalue weighted by Gasteiger charge is -2.19. The number of methoxy groups -OCH3 is 1. The van der Waals surface area contributed by atoms with E-state index in [0.717, 1.165) is 0 Å². The van der Waals surface area contributed by atoms with Gasteiger partial charge in [-0.15, -0.1) is 0 Å². The summed E-state index contributed by atoms with van der Waals surface area (Å²) < 4.78 is 21.8. The maximum absolute atomic E-state index is 13.0. The van der Waals surface area contributed by atoms with Crippen molar-refractivity contribution in [3.63, 3.8) is 0 Å². The summed E-state index contributed by atoms with van der Waals surface area (Å²) in [7, 11) is 1.58. The maximum Gasteiger partial charge on any atom is 0.339 e. The van der Waals surface area contributed by atoms with Crippen LogP contribution in [0.15, 0.2) is 53.2 Å². The van der Waals surface area contributed by atoms with Crippen molar-refractivity contribution in [1.29, 1.82) is 0 Å². The molecular weight excluding hydrogens is 525 g/mol. The molecule has 0 radical (unpaired) electrons. The maximum atomic E-state index is 13.0. The molecule has 3 N–H and O–H groups in total. The van der Waals surface area contributed by atoms with Gasteiger partial charge < -0.3 is 29.1 Å². The zero-order chi connectivity index (χ0) is 26.6. The number of nitrogens with zero attached hydrogens (tertiary/aromatic N) is 1. The van der Waals surface area contributed by atoms with Crippen LogP contribution in [0.25, 0.3) is 11.3 Å². The fraction of sp³-hybridized carbons (Fsp3) is 0.320. The first-order valence-electron chi connectivity index (χ1n) is 11.3. The molecule has 1 atom stereocenters. The molecule has 0 spiro atoms. The minimum Gasteiger partial charge on any atom is -0.478 e. The summed E-state index contributed by atoms with van der Waals surface area (Å²) in [5.74, 6) is -0.627. The van der Waals surface area contributed by atoms with Crippen molar-refractivity contribution in [3.05, 3.63) is 70.2 Å². The molecule has 0 fully saturated rings. The van der Waals surface area contributed by atoms with Gasteiger partial charge in [-0.25, -0.2) is 4.79 Å². The van der Waals surface area contributed by atoms with Gasteiger partial charge in [-0.1, -0.05) is 23.2 Å². The highest BCUT2D eigenvalue weighted by molar-refractivity contribution is 6.35. The molecule has 1 amide bonds. The number of amides is 1. The van der Waals surface area contributed by atoms with Crippen LogP contribution in [0.4, 0.5) is 5.69 Å². The molecule has 0 bridgehead atoms. The number of carboxylic acid groups (broad SMARTS) is 1. The van der Waals surface area contributed by atoms with Gasteiger partial charge in [0.15, 0.2) is 0 Å². The molecule has 0 aliphatic carbocycles. The molecule has 10 nitrogen and oxygen atoms in total. The molecule has 3 rings (SSSR count). The van der Waals surface area contributed by atoms with E-state index in [0.29, 0.717) is 46.9 Å². The average molecular weight is 552 g/mol. The van der Waals surface area contributed by atoms with Crippen LogP contribution in [-0.2, 0) is 25.5 Å². The van der Waals surface area contributed by atoms with Crippen LogP contribution in [0.1, 0.15) is 16.1 Å². The lowest BCUT2D eigenvalue weighted by atomic mass is 10.2. The first-order chi connectivity index (χ1) is 17.9. The van der Waals surface area contributed by atoms with Crippen molar-refractivity contribution in [2.45, 2.75) is 12.6 Å². The predicted octanol–water partition coefficient (Wildman–Crippen LogP) is 4.12. The van der Waals surface area contributed by atoms with E-state index in [-0.39, 0.29) is 31.0 Å². The van der Waals surface area contributed by atoms with Gasteiger partial charge >= 0.3 is 5.97 Å². The van der Waals surface area contributed by atoms with Crippen molar-refractivity contribution in [1.82, 2.24) is 10.3 Å². The molecule has 2 heterocycles. The number of carbonyl (C=O) groups excluding carboxylic acids is 1. The van der Waals surface area contributed by atoms with Crippen LogP contribution >= 0.6 is 23.2 Å². The zero-order valence-corrected chi connectivity index (χ0v) is 21.6. The topological polar surface area (TPSA) is 132 Å². The quantitative estimate of drug-likeness (QED) is 0.238. The minimum absolute atomic E-state index is 0.000641. The van der Waals surface area contributed by atoms with E-state index in [1.165, 1.54) is 18.5 Å². The third kappa shape index (κ3) is 8.81. The Kier molecular flexibility index (Phi) is 11.3. The van der Waals surface area contributed by atoms with Gasteiger partial charge in [0.05, 0.1) is 50.3 Å². The van der Waals surface area contributed by atoms with Crippen LogP contribution in [0.2, 0.25) is 10.0 Å². The van der Waals surface area contributed by atoms with Gasteiger partial charge in [-0.2, -0.15) is 0 Å². The van der Waals surface area contributed by atoms with Gasteiger partial charge in [0.1, 0.15) is 23.1 Å². The number of anilines is 1. The molecule has 2 aromatic heterocycles. The van der Waals surface area contributed by atoms with Crippen LogP contribution in [-0.4, -0.2) is 68.2 Å². The van der Waals surface area contributed by atoms with Crippen molar-refractivity contribution in [2.75, 3.05) is 45.5 Å². The van der Waals surface area contributed by atoms with Crippen LogP contribution in [0, 0.1) is 0 Å². The van der Waals surface area contributed by atoms with E-state index in [1.54, 1.807) is 37.4 Å². The Morgan fingerprint density at radius 3 is 2.65 bits per heavy atom. The summed E-state index contributed by atoms with van der Waals surface area (Å²) in [6.45, 7) is 1.67. The largest absolute Gasteiger partial charge is 0.478 e. The number of carboxylic acids is 1. The lowest BCUT2D eigenvalue weighted by molar-refractivity contribution is -0.119. The Labute approximate surface area is 223 Å². The number of ether oxygens (including phenoxy) is 3. The predicted molar refractivity (Wildman–Crippen MR) is 138 cm³/mol. The zero-order valence-electron chi connectivity index (χ0n) is 20.0. The SMILES string of the molecule is COCCOCCOCC(NCc1ccc(-c2cc(Cl)ccc2Cl)o1)C(=O)Nc1ccncc1C(=O)O. The Balaban J connectivity index is 1.65. The van der Waals surface area contributed by atoms with Gasteiger partial charge in [0, 0.05) is 30.1 Å². The third-order valence-corrected chi connectivity index (χ3v) is 5.66. The molecule has 0 aliphatic heterocycles. The van der Waals surface area contributed by atoms with E-state index >= 15 is 0 Å². The fourth-order valence-corrected chi connectivity index (χ4v) is 3.59. The second-order valence-corrected chi connectivity index (χ2v) is 8.56. The number of aromatic nitrogens is 1. The van der Waals surface area contributed by atoms with Crippen molar-refractivity contribution < 1.29 is 33.3 Å². The van der Waals surface area contributed by atoms with Crippen LogP contribution in [0.5, 0.6) is 0 Å². The molecule has 0 saturated heterocycles. The van der Waals surface area contributed by atoms with Crippen molar-refractivity contribution in [2.24, 2.45) is 0 Å². The molecule has 3 aromatic rings. The van der Waals surface area contributed by atoms with E-state index in [4.69, 9.17) is 41.8 Å². The summed E-state index contributed by atoms with van der Waals surface area (Å²) in [5, 5.41) is 16.1. The van der Waals surface area contributed by atoms with Crippen molar-refractivity contribution in [3.8, 4) is 11.3 Å². The average Bonchev–Trinajstić information content (AvgIpc) is 3.35. The monoisotopic (exact) mass is 551 g/mol. The Morgan fingerprint density at radius 1 is 1.08 bits per heavy atom. The Hall–Kier alpha value is -2.99. The number of aromatic carboxylic acids is 1. The number of carbonyl (C=O) groups is 2. The molecule has 12 heteroatoms. The number of benzene rings is 1. The molecule has 198 valence electrons. The van der Waals surface area contributed by atoms with E-state index in [2.05, 4.69) is 15.6 Å². The number of furan rings is 1. The number of hydrogen-bond donors (Lipinski definition) is 3. The van der Waals surface area contributed by atoms with E-state index < -0.39 is 17.9 Å². The van der Waals surface area contributed by atoms with Crippen LogP contribution < -0.4 is 10.6 Å². The van der Waals surface area contributed by atoms with Gasteiger partial charge in [-0.05, 0) is 36.4 Å². The molecule has 37 heavy (non-hydrogen) atoms. The van der Waals surface area contributed by atoms with E-state index in [9.17, 15) is 14.7 Å². The summed E-state index contributed by atoms with van der Waals surface area (Å²) in [5.41, 5.74) is 0.639. The van der Waals surface area contributed by atoms with Crippen molar-refractivity contribution >= 4 is 40.8 Å². The number of rotatable bonds is 15. The summed E-state index contributed by atoms with van der Waals surface area (Å²) >= 11 is 12.3. The molecular formula is C25H27Cl2N3O7. The third-order valence-electron chi connectivity index (χ3n) is 5.09. The molecule has 0 aliphatic rings. The normalized spacial score (nSPS) is 11.9. The molecule has 1 unspecified atom stereocenters. The van der Waals surface area contributed by atoms with Gasteiger partial charge in [0.2, 0.25) is 5.91 Å². The number of pyridine rings is 1. The summed E-state index contributed by atoms with van der Waals surface area (Å²) in [6, 6.07) is 9.16. The smallest absolute Gasteiger partial charge is 0.339 e. The number of hydrogen-bond acceptors (Lipinski definition) is 8. The standard InChI is InChI=1S/C25H27Cl2N3O7/c1-34-8-9-35-10-11-36-15-22(24(31)30-21-6-7-28-14-19(21)25(32)33)29-13-17-3-5-23(37-17)18-12-16(26)2-4-20(18)27/h2-7,12,14,22,29H,8-11,13,15H2,1H3,(H,32,33)(H,28,30,31). The van der Waals surface area contributed by atoms with Gasteiger partial charge in [0.25, 0.3) is 0 Å². The lowest BCUT2D eigenvalue weighted by Crippen LogP contribution is -2.44. The summed E-state index contributed by atoms with van der Waals surface area (Å²) in [4.78, 5) is 28.3. The second kappa shape index (κ2) is 14.7. The highest BCUT2D eigenvalue weighted by Gasteiger charge is 2.22. The highest BCUT2D eigenvalue weighted by atomic mass is 35.5. The number of nitrogens with one attached hydrogen (secondary N) is 2. The Morgan fingerprint density at radius 2 is 1.86 bits per heavy atom. The Bertz CT molecular complexity index is 1190. The fourth-order valence-electron chi connectivity index (χ4n) is 3.21. The second-order valence-electron chi connectivity index (χ2n) is 7.72. The van der Waals surface area contributed by atoms with Gasteiger partial charge in [-0.3, -0.25) is 15.1 Å².